The third-order valence-corrected chi connectivity index (χ3v) is 3.18. The van der Waals surface area contributed by atoms with Gasteiger partial charge in [0.05, 0.1) is 6.54 Å². The molecule has 0 spiro atoms. The second-order valence-electron chi connectivity index (χ2n) is 4.66. The van der Waals surface area contributed by atoms with Crippen molar-refractivity contribution in [3.8, 4) is 0 Å². The van der Waals surface area contributed by atoms with Crippen molar-refractivity contribution in [2.24, 2.45) is 0 Å². The second-order valence-corrected chi connectivity index (χ2v) is 5.09. The van der Waals surface area contributed by atoms with Crippen molar-refractivity contribution in [2.75, 3.05) is 6.61 Å². The minimum atomic E-state index is -4.50. The number of halogens is 4. The van der Waals surface area contributed by atoms with Crippen LogP contribution in [0.2, 0.25) is 5.02 Å². The van der Waals surface area contributed by atoms with E-state index in [1.54, 1.807) is 24.3 Å². The molecule has 0 amide bonds. The zero-order valence-corrected chi connectivity index (χ0v) is 11.8. The molecule has 0 radical (unpaired) electrons. The monoisotopic (exact) mass is 318 g/mol. The summed E-state index contributed by atoms with van der Waals surface area (Å²) in [5.41, 5.74) is -0.0241. The average Bonchev–Trinajstić information content (AvgIpc) is 2.79. The van der Waals surface area contributed by atoms with E-state index in [0.717, 1.165) is 5.56 Å². The molecule has 3 nitrogen and oxygen atoms in total. The molecule has 0 fully saturated rings. The van der Waals surface area contributed by atoms with Crippen LogP contribution in [-0.2, 0) is 19.1 Å². The summed E-state index contributed by atoms with van der Waals surface area (Å²) < 4.78 is 40.0. The van der Waals surface area contributed by atoms with Gasteiger partial charge < -0.3 is 5.11 Å². The number of alkyl halides is 3. The Morgan fingerprint density at radius 3 is 2.67 bits per heavy atom. The number of aliphatic hydroxyl groups excluding tert-OH is 1. The molecule has 2 aromatic rings. The molecular weight excluding hydrogens is 305 g/mol. The highest BCUT2D eigenvalue weighted by atomic mass is 35.5. The molecule has 0 aliphatic rings. The first-order chi connectivity index (χ1) is 9.90. The lowest BCUT2D eigenvalue weighted by Crippen LogP contribution is -2.10. The Morgan fingerprint density at radius 2 is 2.05 bits per heavy atom. The van der Waals surface area contributed by atoms with Crippen LogP contribution < -0.4 is 0 Å². The van der Waals surface area contributed by atoms with Gasteiger partial charge in [0.2, 0.25) is 0 Å². The normalized spacial score (nSPS) is 11.9. The van der Waals surface area contributed by atoms with E-state index in [9.17, 15) is 13.2 Å². The Balaban J connectivity index is 2.26. The smallest absolute Gasteiger partial charge is 0.396 e. The van der Waals surface area contributed by atoms with Crippen LogP contribution in [0.25, 0.3) is 0 Å². The van der Waals surface area contributed by atoms with E-state index < -0.39 is 11.9 Å². The van der Waals surface area contributed by atoms with Gasteiger partial charge in [0.25, 0.3) is 0 Å². The third-order valence-electron chi connectivity index (χ3n) is 2.94. The molecule has 0 atom stereocenters. The molecule has 1 heterocycles. The van der Waals surface area contributed by atoms with Crippen LogP contribution in [0.4, 0.5) is 13.2 Å². The molecule has 0 aliphatic carbocycles. The Hall–Kier alpha value is -1.53. The topological polar surface area (TPSA) is 38.0 Å². The van der Waals surface area contributed by atoms with Crippen molar-refractivity contribution in [2.45, 2.75) is 25.6 Å². The van der Waals surface area contributed by atoms with E-state index in [0.29, 0.717) is 5.02 Å². The molecule has 7 heteroatoms. The summed E-state index contributed by atoms with van der Waals surface area (Å²) >= 11 is 5.85. The number of nitrogens with zero attached hydrogens (tertiary/aromatic N) is 2. The lowest BCUT2D eigenvalue weighted by atomic mass is 10.1. The Labute approximate surface area is 125 Å². The lowest BCUT2D eigenvalue weighted by molar-refractivity contribution is -0.142. The van der Waals surface area contributed by atoms with Gasteiger partial charge in [-0.15, -0.1) is 0 Å². The Bertz CT molecular complexity index is 611. The molecule has 1 aromatic heterocycles. The van der Waals surface area contributed by atoms with E-state index in [-0.39, 0.29) is 31.6 Å². The predicted octanol–water partition coefficient (Wildman–Crippen LogP) is 3.53. The van der Waals surface area contributed by atoms with Gasteiger partial charge in [0, 0.05) is 23.4 Å². The first kappa shape index (κ1) is 15.9. The number of aromatic nitrogens is 2. The highest BCUT2D eigenvalue weighted by Gasteiger charge is 2.36. The van der Waals surface area contributed by atoms with E-state index in [2.05, 4.69) is 5.10 Å². The molecule has 1 N–H and O–H groups in total. The molecule has 0 bridgehead atoms. The fraction of sp³-hybridized carbons (Fsp3) is 0.357. The van der Waals surface area contributed by atoms with Gasteiger partial charge in [0.15, 0.2) is 5.69 Å². The van der Waals surface area contributed by atoms with Crippen LogP contribution in [0.3, 0.4) is 0 Å². The predicted molar refractivity (Wildman–Crippen MR) is 73.2 cm³/mol. The maximum atomic E-state index is 12.9. The van der Waals surface area contributed by atoms with Crippen LogP contribution in [0.5, 0.6) is 0 Å². The van der Waals surface area contributed by atoms with Crippen molar-refractivity contribution < 1.29 is 18.3 Å². The van der Waals surface area contributed by atoms with E-state index >= 15 is 0 Å². The Kier molecular flexibility index (Phi) is 4.90. The van der Waals surface area contributed by atoms with Gasteiger partial charge in [-0.25, -0.2) is 0 Å². The molecule has 1 aromatic carbocycles. The minimum absolute atomic E-state index is 0.0959. The Morgan fingerprint density at radius 1 is 1.29 bits per heavy atom. The molecule has 114 valence electrons. The number of hydrogen-bond donors (Lipinski definition) is 1. The van der Waals surface area contributed by atoms with Crippen LogP contribution >= 0.6 is 11.6 Å². The first-order valence-electron chi connectivity index (χ1n) is 6.39. The molecule has 0 saturated heterocycles. The SMILES string of the molecule is OCCCc1cn(Cc2cccc(Cl)c2)nc1C(F)(F)F. The zero-order chi connectivity index (χ0) is 15.5. The van der Waals surface area contributed by atoms with Gasteiger partial charge in [-0.3, -0.25) is 4.68 Å². The molecule has 2 rings (SSSR count). The van der Waals surface area contributed by atoms with E-state index in [1.807, 2.05) is 0 Å². The van der Waals surface area contributed by atoms with Crippen molar-refractivity contribution in [1.82, 2.24) is 9.78 Å². The molecule has 0 unspecified atom stereocenters. The van der Waals surface area contributed by atoms with Gasteiger partial charge in [-0.2, -0.15) is 18.3 Å². The van der Waals surface area contributed by atoms with Crippen LogP contribution in [0.15, 0.2) is 30.5 Å². The van der Waals surface area contributed by atoms with E-state index in [4.69, 9.17) is 16.7 Å². The van der Waals surface area contributed by atoms with Crippen molar-refractivity contribution in [1.29, 1.82) is 0 Å². The standard InChI is InChI=1S/C14H14ClF3N2O/c15-12-5-1-3-10(7-12)8-20-9-11(4-2-6-21)13(19-20)14(16,17)18/h1,3,5,7,9,21H,2,4,6,8H2. The zero-order valence-electron chi connectivity index (χ0n) is 11.1. The maximum absolute atomic E-state index is 12.9. The van der Waals surface area contributed by atoms with Crippen LogP contribution in [-0.4, -0.2) is 21.5 Å². The van der Waals surface area contributed by atoms with Crippen LogP contribution in [0.1, 0.15) is 23.2 Å². The molecule has 21 heavy (non-hydrogen) atoms. The van der Waals surface area contributed by atoms with Crippen molar-refractivity contribution in [3.05, 3.63) is 52.3 Å². The number of aliphatic hydroxyl groups is 1. The largest absolute Gasteiger partial charge is 0.435 e. The first-order valence-corrected chi connectivity index (χ1v) is 6.77. The molecular formula is C14H14ClF3N2O. The highest BCUT2D eigenvalue weighted by Crippen LogP contribution is 2.31. The van der Waals surface area contributed by atoms with Crippen molar-refractivity contribution >= 4 is 11.6 Å². The van der Waals surface area contributed by atoms with Crippen LogP contribution in [0, 0.1) is 0 Å². The van der Waals surface area contributed by atoms with Gasteiger partial charge in [0.1, 0.15) is 0 Å². The number of hydrogen-bond acceptors (Lipinski definition) is 2. The summed E-state index contributed by atoms with van der Waals surface area (Å²) in [6, 6.07) is 6.89. The molecule has 0 aliphatic heterocycles. The quantitative estimate of drug-likeness (QED) is 0.916. The minimum Gasteiger partial charge on any atom is -0.396 e. The number of benzene rings is 1. The summed E-state index contributed by atoms with van der Waals surface area (Å²) in [6.07, 6.45) is -2.71. The fourth-order valence-corrected chi connectivity index (χ4v) is 2.27. The fourth-order valence-electron chi connectivity index (χ4n) is 2.06. The lowest BCUT2D eigenvalue weighted by Gasteiger charge is -2.05. The van der Waals surface area contributed by atoms with Gasteiger partial charge in [-0.05, 0) is 30.5 Å². The second kappa shape index (κ2) is 6.49. The summed E-state index contributed by atoms with van der Waals surface area (Å²) in [5, 5.41) is 12.9. The number of aryl methyl sites for hydroxylation is 1. The third kappa shape index (κ3) is 4.22. The van der Waals surface area contributed by atoms with Crippen molar-refractivity contribution in [3.63, 3.8) is 0 Å². The van der Waals surface area contributed by atoms with Gasteiger partial charge >= 0.3 is 6.18 Å². The molecule has 0 saturated carbocycles. The number of rotatable bonds is 5. The van der Waals surface area contributed by atoms with E-state index in [1.165, 1.54) is 10.9 Å². The summed E-state index contributed by atoms with van der Waals surface area (Å²) in [5.74, 6) is 0. The summed E-state index contributed by atoms with van der Waals surface area (Å²) in [7, 11) is 0. The highest BCUT2D eigenvalue weighted by molar-refractivity contribution is 6.30. The van der Waals surface area contributed by atoms with Gasteiger partial charge in [-0.1, -0.05) is 23.7 Å². The summed E-state index contributed by atoms with van der Waals surface area (Å²) in [4.78, 5) is 0. The summed E-state index contributed by atoms with van der Waals surface area (Å²) in [6.45, 7) is 0.0551. The average molecular weight is 319 g/mol. The maximum Gasteiger partial charge on any atom is 0.435 e.